The van der Waals surface area contributed by atoms with Crippen molar-refractivity contribution in [3.8, 4) is 0 Å². The molecule has 0 radical (unpaired) electrons. The lowest BCUT2D eigenvalue weighted by Gasteiger charge is -2.05. The summed E-state index contributed by atoms with van der Waals surface area (Å²) in [5, 5.41) is 7.82. The van der Waals surface area contributed by atoms with Gasteiger partial charge in [-0.3, -0.25) is 4.68 Å². The summed E-state index contributed by atoms with van der Waals surface area (Å²) in [5.41, 5.74) is 2.42. The molecule has 0 spiro atoms. The van der Waals surface area contributed by atoms with Crippen molar-refractivity contribution in [1.82, 2.24) is 15.1 Å². The maximum absolute atomic E-state index is 4.98. The van der Waals surface area contributed by atoms with E-state index in [1.165, 1.54) is 11.4 Å². The van der Waals surface area contributed by atoms with E-state index < -0.39 is 0 Å². The molecule has 15 heavy (non-hydrogen) atoms. The maximum atomic E-state index is 4.98. The molecule has 1 aromatic heterocycles. The zero-order valence-electron chi connectivity index (χ0n) is 9.92. The van der Waals surface area contributed by atoms with E-state index in [4.69, 9.17) is 4.74 Å². The molecule has 0 aliphatic rings. The first-order valence-corrected chi connectivity index (χ1v) is 5.57. The number of aromatic nitrogens is 2. The van der Waals surface area contributed by atoms with Crippen LogP contribution >= 0.6 is 0 Å². The van der Waals surface area contributed by atoms with Gasteiger partial charge in [0.15, 0.2) is 0 Å². The Morgan fingerprint density at radius 3 is 2.87 bits per heavy atom. The molecule has 0 saturated carbocycles. The second kappa shape index (κ2) is 6.58. The van der Waals surface area contributed by atoms with Crippen molar-refractivity contribution in [1.29, 1.82) is 0 Å². The normalized spacial score (nSPS) is 10.9. The number of nitrogens with zero attached hydrogens (tertiary/aromatic N) is 2. The molecule has 0 aliphatic carbocycles. The minimum absolute atomic E-state index is 0.751. The minimum atomic E-state index is 0.751. The summed E-state index contributed by atoms with van der Waals surface area (Å²) in [6, 6.07) is 2.17. The van der Waals surface area contributed by atoms with Gasteiger partial charge in [-0.1, -0.05) is 6.92 Å². The van der Waals surface area contributed by atoms with Gasteiger partial charge in [0.1, 0.15) is 0 Å². The van der Waals surface area contributed by atoms with Crippen molar-refractivity contribution in [3.63, 3.8) is 0 Å². The molecule has 0 aliphatic heterocycles. The van der Waals surface area contributed by atoms with Gasteiger partial charge >= 0.3 is 0 Å². The Morgan fingerprint density at radius 1 is 1.47 bits per heavy atom. The van der Waals surface area contributed by atoms with Gasteiger partial charge in [-0.05, 0) is 19.4 Å². The molecule has 1 aromatic rings. The molecule has 1 rings (SSSR count). The van der Waals surface area contributed by atoms with Crippen molar-refractivity contribution >= 4 is 0 Å². The highest BCUT2D eigenvalue weighted by atomic mass is 16.5. The van der Waals surface area contributed by atoms with Gasteiger partial charge in [-0.25, -0.2) is 0 Å². The average molecular weight is 211 g/mol. The summed E-state index contributed by atoms with van der Waals surface area (Å²) >= 11 is 0. The lowest BCUT2D eigenvalue weighted by molar-refractivity contribution is 0.199. The van der Waals surface area contributed by atoms with Crippen molar-refractivity contribution in [2.75, 3.05) is 20.3 Å². The topological polar surface area (TPSA) is 39.1 Å². The first-order valence-electron chi connectivity index (χ1n) is 5.57. The predicted molar refractivity (Wildman–Crippen MR) is 60.9 cm³/mol. The van der Waals surface area contributed by atoms with E-state index in [0.29, 0.717) is 0 Å². The molecule has 86 valence electrons. The SMILES string of the molecule is CCc1cc(CNCCOC)n(CC)n1. The van der Waals surface area contributed by atoms with Crippen LogP contribution in [0.3, 0.4) is 0 Å². The quantitative estimate of drug-likeness (QED) is 0.689. The Kier molecular flexibility index (Phi) is 5.36. The van der Waals surface area contributed by atoms with Crippen LogP contribution in [-0.2, 0) is 24.2 Å². The largest absolute Gasteiger partial charge is 0.383 e. The van der Waals surface area contributed by atoms with E-state index in [9.17, 15) is 0 Å². The summed E-state index contributed by atoms with van der Waals surface area (Å²) in [6.07, 6.45) is 0.998. The molecule has 4 nitrogen and oxygen atoms in total. The predicted octanol–water partition coefficient (Wildman–Crippen LogP) is 1.20. The van der Waals surface area contributed by atoms with Crippen molar-refractivity contribution in [2.45, 2.75) is 33.4 Å². The molecule has 0 unspecified atom stereocenters. The molecule has 0 aromatic carbocycles. The average Bonchev–Trinajstić information content (AvgIpc) is 2.67. The highest BCUT2D eigenvalue weighted by Gasteiger charge is 2.04. The van der Waals surface area contributed by atoms with Gasteiger partial charge < -0.3 is 10.1 Å². The Balaban J connectivity index is 2.47. The van der Waals surface area contributed by atoms with Crippen LogP contribution in [0.1, 0.15) is 25.2 Å². The summed E-state index contributed by atoms with van der Waals surface area (Å²) < 4.78 is 7.03. The fourth-order valence-corrected chi connectivity index (χ4v) is 1.49. The van der Waals surface area contributed by atoms with E-state index >= 15 is 0 Å². The minimum Gasteiger partial charge on any atom is -0.383 e. The van der Waals surface area contributed by atoms with Gasteiger partial charge in [0.05, 0.1) is 18.0 Å². The third-order valence-electron chi connectivity index (χ3n) is 2.36. The van der Waals surface area contributed by atoms with E-state index in [1.54, 1.807) is 7.11 Å². The van der Waals surface area contributed by atoms with E-state index in [2.05, 4.69) is 35.0 Å². The smallest absolute Gasteiger partial charge is 0.0625 e. The second-order valence-corrected chi connectivity index (χ2v) is 3.47. The number of ether oxygens (including phenoxy) is 1. The molecule has 4 heteroatoms. The van der Waals surface area contributed by atoms with Crippen LogP contribution in [0.25, 0.3) is 0 Å². The van der Waals surface area contributed by atoms with Gasteiger partial charge in [-0.2, -0.15) is 5.10 Å². The van der Waals surface area contributed by atoms with Crippen molar-refractivity contribution in [3.05, 3.63) is 17.5 Å². The molecular weight excluding hydrogens is 190 g/mol. The number of hydrogen-bond acceptors (Lipinski definition) is 3. The maximum Gasteiger partial charge on any atom is 0.0625 e. The molecule has 0 atom stereocenters. The Hall–Kier alpha value is -0.870. The lowest BCUT2D eigenvalue weighted by atomic mass is 10.3. The molecule has 1 heterocycles. The Bertz CT molecular complexity index is 283. The lowest BCUT2D eigenvalue weighted by Crippen LogP contribution is -2.20. The van der Waals surface area contributed by atoms with Crippen molar-refractivity contribution in [2.24, 2.45) is 0 Å². The first-order chi connectivity index (χ1) is 7.31. The molecule has 0 fully saturated rings. The highest BCUT2D eigenvalue weighted by Crippen LogP contribution is 2.04. The summed E-state index contributed by atoms with van der Waals surface area (Å²) in [5.74, 6) is 0. The number of methoxy groups -OCH3 is 1. The van der Waals surface area contributed by atoms with Crippen LogP contribution in [0, 0.1) is 0 Å². The number of aryl methyl sites for hydroxylation is 2. The van der Waals surface area contributed by atoms with Crippen LogP contribution in [0.5, 0.6) is 0 Å². The zero-order chi connectivity index (χ0) is 11.1. The van der Waals surface area contributed by atoms with Gasteiger partial charge in [-0.15, -0.1) is 0 Å². The third-order valence-corrected chi connectivity index (χ3v) is 2.36. The summed E-state index contributed by atoms with van der Waals surface area (Å²) in [7, 11) is 1.72. The number of hydrogen-bond donors (Lipinski definition) is 1. The number of rotatable bonds is 7. The van der Waals surface area contributed by atoms with Gasteiger partial charge in [0, 0.05) is 26.7 Å². The molecule has 0 bridgehead atoms. The van der Waals surface area contributed by atoms with E-state index in [0.717, 1.165) is 32.7 Å². The fourth-order valence-electron chi connectivity index (χ4n) is 1.49. The Morgan fingerprint density at radius 2 is 2.27 bits per heavy atom. The van der Waals surface area contributed by atoms with E-state index in [-0.39, 0.29) is 0 Å². The third kappa shape index (κ3) is 3.64. The van der Waals surface area contributed by atoms with Crippen LogP contribution in [0.15, 0.2) is 6.07 Å². The van der Waals surface area contributed by atoms with Crippen LogP contribution in [0.2, 0.25) is 0 Å². The first kappa shape index (κ1) is 12.2. The van der Waals surface area contributed by atoms with Crippen molar-refractivity contribution < 1.29 is 4.74 Å². The van der Waals surface area contributed by atoms with Crippen LogP contribution in [0.4, 0.5) is 0 Å². The molecule has 0 amide bonds. The van der Waals surface area contributed by atoms with Crippen LogP contribution < -0.4 is 5.32 Å². The molecule has 0 saturated heterocycles. The molecule has 1 N–H and O–H groups in total. The highest BCUT2D eigenvalue weighted by molar-refractivity contribution is 5.10. The Labute approximate surface area is 91.6 Å². The summed E-state index contributed by atoms with van der Waals surface area (Å²) in [6.45, 7) is 7.68. The standard InChI is InChI=1S/C11H21N3O/c1-4-10-8-11(14(5-2)13-10)9-12-6-7-15-3/h8,12H,4-7,9H2,1-3H3. The van der Waals surface area contributed by atoms with Gasteiger partial charge in [0.25, 0.3) is 0 Å². The van der Waals surface area contributed by atoms with Gasteiger partial charge in [0.2, 0.25) is 0 Å². The fraction of sp³-hybridized carbons (Fsp3) is 0.727. The van der Waals surface area contributed by atoms with Crippen LogP contribution in [-0.4, -0.2) is 30.0 Å². The van der Waals surface area contributed by atoms with E-state index in [1.807, 2.05) is 0 Å². The monoisotopic (exact) mass is 211 g/mol. The summed E-state index contributed by atoms with van der Waals surface area (Å²) in [4.78, 5) is 0. The number of nitrogens with one attached hydrogen (secondary N) is 1. The second-order valence-electron chi connectivity index (χ2n) is 3.47. The zero-order valence-corrected chi connectivity index (χ0v) is 9.92. The molecular formula is C11H21N3O.